The molecule has 3 heteroatoms. The molecule has 0 aliphatic heterocycles. The molecular formula is C51H33NO2. The van der Waals surface area contributed by atoms with E-state index < -0.39 is 0 Å². The van der Waals surface area contributed by atoms with Crippen LogP contribution in [0.1, 0.15) is 30.4 Å². The summed E-state index contributed by atoms with van der Waals surface area (Å²) in [4.78, 5) is 0. The van der Waals surface area contributed by atoms with Crippen molar-refractivity contribution in [2.45, 2.75) is 19.3 Å². The highest BCUT2D eigenvalue weighted by molar-refractivity contribution is 6.19. The first kappa shape index (κ1) is 29.7. The van der Waals surface area contributed by atoms with E-state index in [1.807, 2.05) is 0 Å². The Bertz CT molecular complexity index is 3320. The van der Waals surface area contributed by atoms with Crippen molar-refractivity contribution in [3.8, 4) is 39.1 Å². The van der Waals surface area contributed by atoms with Gasteiger partial charge in [-0.1, -0.05) is 122 Å². The van der Waals surface area contributed by atoms with Crippen molar-refractivity contribution in [3.63, 3.8) is 0 Å². The van der Waals surface area contributed by atoms with E-state index in [4.69, 9.17) is 8.83 Å². The van der Waals surface area contributed by atoms with Crippen LogP contribution in [0.15, 0.2) is 173 Å². The van der Waals surface area contributed by atoms with Gasteiger partial charge in [-0.15, -0.1) is 0 Å². The maximum atomic E-state index is 6.77. The van der Waals surface area contributed by atoms with Gasteiger partial charge in [-0.25, -0.2) is 0 Å². The lowest BCUT2D eigenvalue weighted by atomic mass is 9.93. The first-order valence-electron chi connectivity index (χ1n) is 18.9. The van der Waals surface area contributed by atoms with E-state index in [9.17, 15) is 0 Å². The minimum Gasteiger partial charge on any atom is -0.455 e. The van der Waals surface area contributed by atoms with Crippen molar-refractivity contribution in [2.75, 3.05) is 0 Å². The van der Waals surface area contributed by atoms with Gasteiger partial charge in [0, 0.05) is 61.1 Å². The van der Waals surface area contributed by atoms with Gasteiger partial charge in [-0.2, -0.15) is 0 Å². The van der Waals surface area contributed by atoms with Crippen LogP contribution in [0.25, 0.3) is 105 Å². The second-order valence-corrected chi connectivity index (χ2v) is 14.7. The van der Waals surface area contributed by atoms with Gasteiger partial charge in [0.05, 0.1) is 11.0 Å². The summed E-state index contributed by atoms with van der Waals surface area (Å²) in [6.45, 7) is 2.28. The number of nitrogens with zero attached hydrogens (tertiary/aromatic N) is 1. The highest BCUT2D eigenvalue weighted by Crippen LogP contribution is 2.49. The molecule has 0 amide bonds. The molecule has 0 saturated heterocycles. The average Bonchev–Trinajstić information content (AvgIpc) is 3.97. The molecular weight excluding hydrogens is 659 g/mol. The molecule has 1 aliphatic carbocycles. The third kappa shape index (κ3) is 4.07. The second-order valence-electron chi connectivity index (χ2n) is 14.7. The van der Waals surface area contributed by atoms with Crippen LogP contribution in [0, 0.1) is 0 Å². The number of fused-ring (bicyclic) bond motifs is 12. The maximum absolute atomic E-state index is 6.77. The number of para-hydroxylation sites is 4. The summed E-state index contributed by atoms with van der Waals surface area (Å²) < 4.78 is 15.9. The Morgan fingerprint density at radius 3 is 1.78 bits per heavy atom. The molecule has 0 spiro atoms. The predicted octanol–water partition coefficient (Wildman–Crippen LogP) is 14.4. The third-order valence-electron chi connectivity index (χ3n) is 11.9. The van der Waals surface area contributed by atoms with Gasteiger partial charge in [0.1, 0.15) is 22.3 Å². The molecule has 0 saturated carbocycles. The molecule has 8 aromatic carbocycles. The van der Waals surface area contributed by atoms with Gasteiger partial charge in [0.15, 0.2) is 0 Å². The van der Waals surface area contributed by atoms with E-state index >= 15 is 0 Å². The molecule has 3 heterocycles. The summed E-state index contributed by atoms with van der Waals surface area (Å²) in [5.74, 6) is 0.447. The zero-order valence-electron chi connectivity index (χ0n) is 29.6. The normalized spacial score (nSPS) is 13.9. The SMILES string of the molecule is CCC1c2ccccc2-c2cc(-c3cccc4c3oc3cc5oc6c(-c7ccc8c(c7)c7ccccc7n8-c7ccccc7)cccc6c5cc34)ccc21. The van der Waals surface area contributed by atoms with E-state index in [1.165, 1.54) is 49.6 Å². The molecule has 12 rings (SSSR count). The molecule has 254 valence electrons. The van der Waals surface area contributed by atoms with Crippen LogP contribution in [-0.4, -0.2) is 4.57 Å². The van der Waals surface area contributed by atoms with E-state index in [0.29, 0.717) is 5.92 Å². The molecule has 0 N–H and O–H groups in total. The lowest BCUT2D eigenvalue weighted by Gasteiger charge is -2.11. The number of hydrogen-bond acceptors (Lipinski definition) is 2. The van der Waals surface area contributed by atoms with Crippen molar-refractivity contribution in [1.82, 2.24) is 4.57 Å². The van der Waals surface area contributed by atoms with Crippen LogP contribution in [0.5, 0.6) is 0 Å². The lowest BCUT2D eigenvalue weighted by molar-refractivity contribution is 0.657. The van der Waals surface area contributed by atoms with Crippen LogP contribution in [0.2, 0.25) is 0 Å². The fourth-order valence-corrected chi connectivity index (χ4v) is 9.45. The summed E-state index contributed by atoms with van der Waals surface area (Å²) in [6.07, 6.45) is 1.09. The van der Waals surface area contributed by atoms with Gasteiger partial charge in [-0.05, 0) is 82.3 Å². The Balaban J connectivity index is 1.00. The quantitative estimate of drug-likeness (QED) is 0.184. The first-order valence-corrected chi connectivity index (χ1v) is 18.9. The standard InChI is InChI=1S/C51H33NO2/c1-2-33-36-14-6-7-15-37(36)42-26-30(22-24-38(33)42)34-17-10-19-40-44-28-45-41-20-11-18-35(51(41)54-49(45)29-48(44)53-50(34)40)31-23-25-47-43(27-31)39-16-8-9-21-46(39)52(47)32-12-4-3-5-13-32/h3-29,33H,2H2,1H3. The Hall–Kier alpha value is -6.84. The van der Waals surface area contributed by atoms with E-state index in [1.54, 1.807) is 0 Å². The Morgan fingerprint density at radius 1 is 0.426 bits per heavy atom. The molecule has 3 aromatic heterocycles. The summed E-state index contributed by atoms with van der Waals surface area (Å²) in [7, 11) is 0. The summed E-state index contributed by atoms with van der Waals surface area (Å²) in [5, 5.41) is 6.86. The smallest absolute Gasteiger partial charge is 0.143 e. The number of benzene rings is 8. The van der Waals surface area contributed by atoms with Crippen molar-refractivity contribution < 1.29 is 8.83 Å². The summed E-state index contributed by atoms with van der Waals surface area (Å²) in [5.41, 5.74) is 17.0. The van der Waals surface area contributed by atoms with Crippen LogP contribution in [0.4, 0.5) is 0 Å². The summed E-state index contributed by atoms with van der Waals surface area (Å²) >= 11 is 0. The zero-order chi connectivity index (χ0) is 35.5. The van der Waals surface area contributed by atoms with Gasteiger partial charge >= 0.3 is 0 Å². The maximum Gasteiger partial charge on any atom is 0.143 e. The molecule has 1 atom stereocenters. The van der Waals surface area contributed by atoms with Gasteiger partial charge in [-0.3, -0.25) is 0 Å². The molecule has 0 bridgehead atoms. The van der Waals surface area contributed by atoms with Crippen LogP contribution >= 0.6 is 0 Å². The minimum atomic E-state index is 0.447. The van der Waals surface area contributed by atoms with Crippen molar-refractivity contribution in [2.24, 2.45) is 0 Å². The van der Waals surface area contributed by atoms with E-state index in [2.05, 4.69) is 175 Å². The first-order chi connectivity index (χ1) is 26.7. The Morgan fingerprint density at radius 2 is 1.02 bits per heavy atom. The number of aromatic nitrogens is 1. The fraction of sp³-hybridized carbons (Fsp3) is 0.0588. The fourth-order valence-electron chi connectivity index (χ4n) is 9.45. The largest absolute Gasteiger partial charge is 0.455 e. The average molecular weight is 692 g/mol. The van der Waals surface area contributed by atoms with Crippen molar-refractivity contribution in [1.29, 1.82) is 0 Å². The molecule has 11 aromatic rings. The van der Waals surface area contributed by atoms with Gasteiger partial charge in [0.25, 0.3) is 0 Å². The molecule has 1 unspecified atom stereocenters. The highest BCUT2D eigenvalue weighted by atomic mass is 16.3. The minimum absolute atomic E-state index is 0.447. The monoisotopic (exact) mass is 691 g/mol. The van der Waals surface area contributed by atoms with Crippen LogP contribution in [-0.2, 0) is 0 Å². The Labute approximate surface area is 311 Å². The third-order valence-corrected chi connectivity index (χ3v) is 11.9. The molecule has 54 heavy (non-hydrogen) atoms. The summed E-state index contributed by atoms with van der Waals surface area (Å²) in [6, 6.07) is 59.3. The van der Waals surface area contributed by atoms with Crippen LogP contribution < -0.4 is 0 Å². The van der Waals surface area contributed by atoms with Crippen molar-refractivity contribution >= 4 is 65.7 Å². The topological polar surface area (TPSA) is 31.2 Å². The molecule has 3 nitrogen and oxygen atoms in total. The van der Waals surface area contributed by atoms with E-state index in [0.717, 1.165) is 72.7 Å². The molecule has 1 aliphatic rings. The van der Waals surface area contributed by atoms with E-state index in [-0.39, 0.29) is 0 Å². The number of rotatable bonds is 4. The molecule has 0 radical (unpaired) electrons. The Kier molecular flexibility index (Phi) is 6.10. The lowest BCUT2D eigenvalue weighted by Crippen LogP contribution is -1.93. The second kappa shape index (κ2) is 11.1. The van der Waals surface area contributed by atoms with Gasteiger partial charge in [0.2, 0.25) is 0 Å². The predicted molar refractivity (Wildman–Crippen MR) is 224 cm³/mol. The number of hydrogen-bond donors (Lipinski definition) is 0. The number of furan rings is 2. The molecule has 0 fully saturated rings. The van der Waals surface area contributed by atoms with Gasteiger partial charge < -0.3 is 13.4 Å². The highest BCUT2D eigenvalue weighted by Gasteiger charge is 2.28. The van der Waals surface area contributed by atoms with Crippen LogP contribution in [0.3, 0.4) is 0 Å². The zero-order valence-corrected chi connectivity index (χ0v) is 29.6. The van der Waals surface area contributed by atoms with Crippen molar-refractivity contribution in [3.05, 3.63) is 175 Å².